The average Bonchev–Trinajstić information content (AvgIpc) is 2.49. The highest BCUT2D eigenvalue weighted by atomic mass is 16.3. The second-order valence-corrected chi connectivity index (χ2v) is 9.30. The van der Waals surface area contributed by atoms with Crippen LogP contribution in [0.25, 0.3) is 12.2 Å². The van der Waals surface area contributed by atoms with Gasteiger partial charge >= 0.3 is 0 Å². The van der Waals surface area contributed by atoms with Gasteiger partial charge in [0, 0.05) is 11.1 Å². The lowest BCUT2D eigenvalue weighted by molar-refractivity contribution is 0.423. The van der Waals surface area contributed by atoms with Crippen molar-refractivity contribution >= 4 is 12.2 Å². The predicted molar refractivity (Wildman–Crippen MR) is 112 cm³/mol. The van der Waals surface area contributed by atoms with Gasteiger partial charge in [-0.25, -0.2) is 0 Å². The molecule has 2 heteroatoms. The third-order valence-electron chi connectivity index (χ3n) is 4.73. The average molecular weight is 353 g/mol. The molecule has 0 saturated carbocycles. The number of benzene rings is 2. The fourth-order valence-corrected chi connectivity index (χ4v) is 3.17. The minimum absolute atomic E-state index is 0.139. The van der Waals surface area contributed by atoms with Crippen molar-refractivity contribution in [3.8, 4) is 11.5 Å². The first-order valence-corrected chi connectivity index (χ1v) is 9.17. The van der Waals surface area contributed by atoms with Crippen molar-refractivity contribution in [2.24, 2.45) is 0 Å². The summed E-state index contributed by atoms with van der Waals surface area (Å²) in [5, 5.41) is 20.8. The van der Waals surface area contributed by atoms with E-state index in [1.165, 1.54) is 0 Å². The number of hydrogen-bond acceptors (Lipinski definition) is 2. The van der Waals surface area contributed by atoms with E-state index in [-0.39, 0.29) is 10.8 Å². The van der Waals surface area contributed by atoms with E-state index in [0.29, 0.717) is 11.5 Å². The minimum atomic E-state index is -0.139. The van der Waals surface area contributed by atoms with E-state index < -0.39 is 0 Å². The van der Waals surface area contributed by atoms with Crippen LogP contribution in [0.5, 0.6) is 11.5 Å². The number of aryl methyl sites for hydroxylation is 2. The number of phenols is 2. The largest absolute Gasteiger partial charge is 0.507 e. The van der Waals surface area contributed by atoms with Gasteiger partial charge in [0.1, 0.15) is 11.5 Å². The van der Waals surface area contributed by atoms with Gasteiger partial charge in [0.25, 0.3) is 0 Å². The third kappa shape index (κ3) is 4.30. The summed E-state index contributed by atoms with van der Waals surface area (Å²) in [5.74, 6) is 0.760. The van der Waals surface area contributed by atoms with Gasteiger partial charge in [-0.1, -0.05) is 53.7 Å². The number of rotatable bonds is 2. The Hall–Kier alpha value is -2.22. The van der Waals surface area contributed by atoms with Gasteiger partial charge < -0.3 is 10.2 Å². The Labute approximate surface area is 158 Å². The maximum absolute atomic E-state index is 10.8. The lowest BCUT2D eigenvalue weighted by Crippen LogP contribution is -2.17. The molecule has 0 spiro atoms. The maximum Gasteiger partial charge on any atom is 0.123 e. The molecule has 2 rings (SSSR count). The number of hydrogen-bond donors (Lipinski definition) is 2. The van der Waals surface area contributed by atoms with E-state index in [2.05, 4.69) is 65.8 Å². The molecule has 0 fully saturated rings. The van der Waals surface area contributed by atoms with Crippen molar-refractivity contribution < 1.29 is 10.2 Å². The monoisotopic (exact) mass is 352 g/mol. The van der Waals surface area contributed by atoms with E-state index in [4.69, 9.17) is 0 Å². The minimum Gasteiger partial charge on any atom is -0.507 e. The van der Waals surface area contributed by atoms with E-state index in [0.717, 1.165) is 33.4 Å². The predicted octanol–water partition coefficient (Wildman–Crippen LogP) is 6.48. The molecular formula is C24H32O2. The summed E-state index contributed by atoms with van der Waals surface area (Å²) in [6.07, 6.45) is 4.14. The van der Waals surface area contributed by atoms with Crippen LogP contribution in [0.1, 0.15) is 74.9 Å². The molecule has 0 heterocycles. The highest BCUT2D eigenvalue weighted by Gasteiger charge is 2.26. The molecule has 0 bridgehead atoms. The number of phenolic OH excluding ortho intramolecular Hbond substituents is 2. The van der Waals surface area contributed by atoms with Crippen LogP contribution in [0.3, 0.4) is 0 Å². The smallest absolute Gasteiger partial charge is 0.123 e. The van der Waals surface area contributed by atoms with E-state index in [9.17, 15) is 10.2 Å². The highest BCUT2D eigenvalue weighted by Crippen LogP contribution is 2.40. The fraction of sp³-hybridized carbons (Fsp3) is 0.417. The van der Waals surface area contributed by atoms with Gasteiger partial charge in [0.2, 0.25) is 0 Å². The van der Waals surface area contributed by atoms with Gasteiger partial charge in [-0.2, -0.15) is 0 Å². The van der Waals surface area contributed by atoms with Crippen molar-refractivity contribution in [1.82, 2.24) is 0 Å². The molecule has 26 heavy (non-hydrogen) atoms. The van der Waals surface area contributed by atoms with Crippen LogP contribution in [0, 0.1) is 13.8 Å². The summed E-state index contributed by atoms with van der Waals surface area (Å²) in [6.45, 7) is 16.5. The summed E-state index contributed by atoms with van der Waals surface area (Å²) in [5.41, 5.74) is 5.52. The molecule has 140 valence electrons. The standard InChI is InChI=1S/C24H32O2/c1-15-11-17(12-16(2)21(15)25)9-10-18-13-19(23(3,4)5)22(26)20(14-18)24(6,7)8/h9-14,25-26H,1-8H3/b10-9+. The quantitative estimate of drug-likeness (QED) is 0.607. The second kappa shape index (κ2) is 6.83. The van der Waals surface area contributed by atoms with Gasteiger partial charge in [0.05, 0.1) is 0 Å². The zero-order valence-electron chi connectivity index (χ0n) is 17.4. The molecule has 0 amide bonds. The molecule has 0 aliphatic carbocycles. The van der Waals surface area contributed by atoms with Crippen molar-refractivity contribution in [1.29, 1.82) is 0 Å². The molecule has 0 aliphatic heterocycles. The molecule has 2 N–H and O–H groups in total. The first-order valence-electron chi connectivity index (χ1n) is 9.17. The first kappa shape index (κ1) is 20.1. The molecular weight excluding hydrogens is 320 g/mol. The molecule has 0 atom stereocenters. The van der Waals surface area contributed by atoms with Crippen LogP contribution in [0.4, 0.5) is 0 Å². The second-order valence-electron chi connectivity index (χ2n) is 9.30. The maximum atomic E-state index is 10.8. The SMILES string of the molecule is Cc1cc(/C=C/c2cc(C(C)(C)C)c(O)c(C(C)(C)C)c2)cc(C)c1O. The summed E-state index contributed by atoms with van der Waals surface area (Å²) in [4.78, 5) is 0. The van der Waals surface area contributed by atoms with E-state index in [1.54, 1.807) is 0 Å². The van der Waals surface area contributed by atoms with Gasteiger partial charge in [-0.15, -0.1) is 0 Å². The van der Waals surface area contributed by atoms with Crippen LogP contribution in [-0.4, -0.2) is 10.2 Å². The Balaban J connectivity index is 2.56. The molecule has 0 radical (unpaired) electrons. The zero-order valence-corrected chi connectivity index (χ0v) is 17.4. The Bertz CT molecular complexity index is 785. The highest BCUT2D eigenvalue weighted by molar-refractivity contribution is 5.72. The summed E-state index contributed by atoms with van der Waals surface area (Å²) in [7, 11) is 0. The molecule has 2 aromatic rings. The van der Waals surface area contributed by atoms with Crippen molar-refractivity contribution in [3.63, 3.8) is 0 Å². The summed E-state index contributed by atoms with van der Waals surface area (Å²) < 4.78 is 0. The molecule has 2 nitrogen and oxygen atoms in total. The van der Waals surface area contributed by atoms with Crippen molar-refractivity contribution in [2.75, 3.05) is 0 Å². The van der Waals surface area contributed by atoms with Gasteiger partial charge in [0.15, 0.2) is 0 Å². The summed E-state index contributed by atoms with van der Waals surface area (Å²) in [6, 6.07) is 8.10. The molecule has 2 aromatic carbocycles. The van der Waals surface area contributed by atoms with E-state index in [1.807, 2.05) is 26.0 Å². The lowest BCUT2D eigenvalue weighted by Gasteiger charge is -2.27. The Morgan fingerprint density at radius 3 is 1.31 bits per heavy atom. The van der Waals surface area contributed by atoms with Crippen LogP contribution in [0.15, 0.2) is 24.3 Å². The zero-order chi connectivity index (χ0) is 19.9. The topological polar surface area (TPSA) is 40.5 Å². The lowest BCUT2D eigenvalue weighted by atomic mass is 9.78. The van der Waals surface area contributed by atoms with Crippen LogP contribution < -0.4 is 0 Å². The number of aromatic hydroxyl groups is 2. The van der Waals surface area contributed by atoms with E-state index >= 15 is 0 Å². The fourth-order valence-electron chi connectivity index (χ4n) is 3.17. The molecule has 0 saturated heterocycles. The Morgan fingerprint density at radius 2 is 0.962 bits per heavy atom. The van der Waals surface area contributed by atoms with Gasteiger partial charge in [-0.05, 0) is 71.2 Å². The first-order chi connectivity index (χ1) is 11.8. The third-order valence-corrected chi connectivity index (χ3v) is 4.73. The van der Waals surface area contributed by atoms with Crippen LogP contribution in [0.2, 0.25) is 0 Å². The van der Waals surface area contributed by atoms with Crippen LogP contribution >= 0.6 is 0 Å². The van der Waals surface area contributed by atoms with Crippen LogP contribution in [-0.2, 0) is 10.8 Å². The van der Waals surface area contributed by atoms with Crippen molar-refractivity contribution in [2.45, 2.75) is 66.2 Å². The molecule has 0 unspecified atom stereocenters. The normalized spacial score (nSPS) is 12.8. The van der Waals surface area contributed by atoms with Crippen molar-refractivity contribution in [3.05, 3.63) is 57.6 Å². The van der Waals surface area contributed by atoms with Gasteiger partial charge in [-0.3, -0.25) is 0 Å². The Morgan fingerprint density at radius 1 is 0.615 bits per heavy atom. The molecule has 0 aromatic heterocycles. The Kier molecular flexibility index (Phi) is 5.28. The molecule has 0 aliphatic rings. The summed E-state index contributed by atoms with van der Waals surface area (Å²) >= 11 is 0.